The van der Waals surface area contributed by atoms with Crippen molar-refractivity contribution in [1.82, 2.24) is 10.3 Å². The number of nitrogens with zero attached hydrogens (tertiary/aromatic N) is 1. The Morgan fingerprint density at radius 2 is 2.22 bits per heavy atom. The highest BCUT2D eigenvalue weighted by molar-refractivity contribution is 5.95. The largest absolute Gasteiger partial charge is 0.482 e. The Balaban J connectivity index is 1.51. The number of benzene rings is 1. The lowest BCUT2D eigenvalue weighted by molar-refractivity contribution is -0.121. The molecule has 2 heterocycles. The number of aryl methyl sites for hydroxylation is 1. The topological polar surface area (TPSA) is 80.3 Å². The molecule has 0 unspecified atom stereocenters. The summed E-state index contributed by atoms with van der Waals surface area (Å²) in [4.78, 5) is 27.2. The number of hydrogen-bond donors (Lipinski definition) is 2. The van der Waals surface area contributed by atoms with Gasteiger partial charge >= 0.3 is 0 Å². The standard InChI is InChI=1S/C17H17N3O3/c21-16(19-10-13-2-1-7-18-9-13)6-4-12-3-5-15-14(8-12)20-17(22)11-23-15/h1-3,5,7-9H,4,6,10-11H2,(H,19,21)(H,20,22). The first-order valence-electron chi connectivity index (χ1n) is 7.42. The summed E-state index contributed by atoms with van der Waals surface area (Å²) in [5.74, 6) is 0.477. The molecule has 6 heteroatoms. The van der Waals surface area contributed by atoms with Crippen LogP contribution in [0.5, 0.6) is 5.75 Å². The van der Waals surface area contributed by atoms with E-state index in [4.69, 9.17) is 4.74 Å². The third-order valence-corrected chi connectivity index (χ3v) is 3.53. The molecule has 1 aromatic carbocycles. The minimum atomic E-state index is -0.163. The second-order valence-corrected chi connectivity index (χ2v) is 5.31. The molecule has 0 saturated heterocycles. The highest BCUT2D eigenvalue weighted by Gasteiger charge is 2.16. The van der Waals surface area contributed by atoms with Crippen molar-refractivity contribution in [2.45, 2.75) is 19.4 Å². The van der Waals surface area contributed by atoms with Gasteiger partial charge in [0.1, 0.15) is 5.75 Å². The first-order valence-corrected chi connectivity index (χ1v) is 7.42. The van der Waals surface area contributed by atoms with Gasteiger partial charge in [-0.25, -0.2) is 0 Å². The minimum absolute atomic E-state index is 0.0214. The molecular weight excluding hydrogens is 294 g/mol. The van der Waals surface area contributed by atoms with Crippen LogP contribution >= 0.6 is 0 Å². The molecule has 118 valence electrons. The van der Waals surface area contributed by atoms with Crippen LogP contribution in [0.2, 0.25) is 0 Å². The summed E-state index contributed by atoms with van der Waals surface area (Å²) in [6.07, 6.45) is 4.41. The van der Waals surface area contributed by atoms with Gasteiger partial charge in [0.05, 0.1) is 5.69 Å². The molecule has 0 atom stereocenters. The Labute approximate surface area is 133 Å². The summed E-state index contributed by atoms with van der Waals surface area (Å²) in [7, 11) is 0. The molecule has 2 amide bonds. The predicted molar refractivity (Wildman–Crippen MR) is 85.0 cm³/mol. The highest BCUT2D eigenvalue weighted by atomic mass is 16.5. The summed E-state index contributed by atoms with van der Waals surface area (Å²) in [5.41, 5.74) is 2.61. The van der Waals surface area contributed by atoms with E-state index in [2.05, 4.69) is 15.6 Å². The maximum atomic E-state index is 11.9. The fourth-order valence-electron chi connectivity index (χ4n) is 2.34. The van der Waals surface area contributed by atoms with E-state index in [1.807, 2.05) is 30.3 Å². The SMILES string of the molecule is O=C(CCc1ccc2c(c1)NC(=O)CO2)NCc1cccnc1. The molecule has 6 nitrogen and oxygen atoms in total. The lowest BCUT2D eigenvalue weighted by Crippen LogP contribution is -2.25. The van der Waals surface area contributed by atoms with Gasteiger partial charge in [0.2, 0.25) is 5.91 Å². The van der Waals surface area contributed by atoms with Gasteiger partial charge in [0.25, 0.3) is 5.91 Å². The molecule has 2 N–H and O–H groups in total. The Morgan fingerprint density at radius 1 is 1.30 bits per heavy atom. The predicted octanol–water partition coefficient (Wildman–Crippen LogP) is 1.66. The Kier molecular flexibility index (Phi) is 4.52. The van der Waals surface area contributed by atoms with E-state index in [-0.39, 0.29) is 18.4 Å². The van der Waals surface area contributed by atoms with E-state index >= 15 is 0 Å². The van der Waals surface area contributed by atoms with E-state index in [9.17, 15) is 9.59 Å². The highest BCUT2D eigenvalue weighted by Crippen LogP contribution is 2.28. The summed E-state index contributed by atoms with van der Waals surface area (Å²) < 4.78 is 5.31. The van der Waals surface area contributed by atoms with Gasteiger partial charge in [-0.3, -0.25) is 14.6 Å². The number of rotatable bonds is 5. The molecule has 1 aliphatic heterocycles. The second-order valence-electron chi connectivity index (χ2n) is 5.31. The third kappa shape index (κ3) is 4.06. The molecule has 0 bridgehead atoms. The normalized spacial score (nSPS) is 12.8. The van der Waals surface area contributed by atoms with Crippen molar-refractivity contribution < 1.29 is 14.3 Å². The van der Waals surface area contributed by atoms with Crippen LogP contribution in [0.4, 0.5) is 5.69 Å². The fraction of sp³-hybridized carbons (Fsp3) is 0.235. The monoisotopic (exact) mass is 311 g/mol. The number of aromatic nitrogens is 1. The van der Waals surface area contributed by atoms with Crippen LogP contribution in [0.1, 0.15) is 17.5 Å². The fourth-order valence-corrected chi connectivity index (χ4v) is 2.34. The molecular formula is C17H17N3O3. The van der Waals surface area contributed by atoms with Gasteiger partial charge in [0, 0.05) is 25.4 Å². The van der Waals surface area contributed by atoms with E-state index in [1.54, 1.807) is 12.4 Å². The lowest BCUT2D eigenvalue weighted by Gasteiger charge is -2.18. The van der Waals surface area contributed by atoms with Gasteiger partial charge in [0.15, 0.2) is 6.61 Å². The van der Waals surface area contributed by atoms with E-state index in [1.165, 1.54) is 0 Å². The summed E-state index contributed by atoms with van der Waals surface area (Å²) in [6.45, 7) is 0.518. The number of fused-ring (bicyclic) bond motifs is 1. The Morgan fingerprint density at radius 3 is 3.04 bits per heavy atom. The molecule has 0 aliphatic carbocycles. The molecule has 1 aliphatic rings. The van der Waals surface area contributed by atoms with Crippen molar-refractivity contribution >= 4 is 17.5 Å². The molecule has 2 aromatic rings. The zero-order valence-corrected chi connectivity index (χ0v) is 12.5. The van der Waals surface area contributed by atoms with Gasteiger partial charge < -0.3 is 15.4 Å². The summed E-state index contributed by atoms with van der Waals surface area (Å²) >= 11 is 0. The number of hydrogen-bond acceptors (Lipinski definition) is 4. The van der Waals surface area contributed by atoms with Crippen molar-refractivity contribution in [3.63, 3.8) is 0 Å². The zero-order valence-electron chi connectivity index (χ0n) is 12.5. The maximum Gasteiger partial charge on any atom is 0.262 e. The minimum Gasteiger partial charge on any atom is -0.482 e. The molecule has 0 saturated carbocycles. The number of carbonyl (C=O) groups is 2. The molecule has 0 fully saturated rings. The zero-order chi connectivity index (χ0) is 16.1. The summed E-state index contributed by atoms with van der Waals surface area (Å²) in [6, 6.07) is 9.33. The third-order valence-electron chi connectivity index (χ3n) is 3.53. The maximum absolute atomic E-state index is 11.9. The van der Waals surface area contributed by atoms with Crippen molar-refractivity contribution in [3.05, 3.63) is 53.9 Å². The van der Waals surface area contributed by atoms with Crippen molar-refractivity contribution in [2.24, 2.45) is 0 Å². The van der Waals surface area contributed by atoms with Gasteiger partial charge in [-0.1, -0.05) is 12.1 Å². The molecule has 0 radical (unpaired) electrons. The van der Waals surface area contributed by atoms with Crippen LogP contribution in [0.25, 0.3) is 0 Å². The molecule has 3 rings (SSSR count). The number of amides is 2. The van der Waals surface area contributed by atoms with Crippen LogP contribution in [0, 0.1) is 0 Å². The summed E-state index contributed by atoms with van der Waals surface area (Å²) in [5, 5.41) is 5.63. The van der Waals surface area contributed by atoms with Gasteiger partial charge in [-0.15, -0.1) is 0 Å². The Bertz CT molecular complexity index is 716. The van der Waals surface area contributed by atoms with Crippen molar-refractivity contribution in [3.8, 4) is 5.75 Å². The van der Waals surface area contributed by atoms with Crippen LogP contribution in [0.3, 0.4) is 0 Å². The number of nitrogens with one attached hydrogen (secondary N) is 2. The van der Waals surface area contributed by atoms with E-state index in [0.717, 1.165) is 11.1 Å². The average Bonchev–Trinajstić information content (AvgIpc) is 2.58. The quantitative estimate of drug-likeness (QED) is 0.880. The van der Waals surface area contributed by atoms with Crippen LogP contribution < -0.4 is 15.4 Å². The van der Waals surface area contributed by atoms with Gasteiger partial charge in [-0.2, -0.15) is 0 Å². The van der Waals surface area contributed by atoms with E-state index in [0.29, 0.717) is 30.8 Å². The van der Waals surface area contributed by atoms with Crippen LogP contribution in [-0.2, 0) is 22.6 Å². The smallest absolute Gasteiger partial charge is 0.262 e. The Hall–Kier alpha value is -2.89. The number of carbonyl (C=O) groups excluding carboxylic acids is 2. The lowest BCUT2D eigenvalue weighted by atomic mass is 10.1. The average molecular weight is 311 g/mol. The first-order chi connectivity index (χ1) is 11.2. The number of anilines is 1. The van der Waals surface area contributed by atoms with Crippen molar-refractivity contribution in [2.75, 3.05) is 11.9 Å². The number of ether oxygens (including phenoxy) is 1. The molecule has 23 heavy (non-hydrogen) atoms. The first kappa shape index (κ1) is 15.0. The molecule has 1 aromatic heterocycles. The van der Waals surface area contributed by atoms with E-state index < -0.39 is 0 Å². The van der Waals surface area contributed by atoms with Crippen LogP contribution in [0.15, 0.2) is 42.7 Å². The van der Waals surface area contributed by atoms with Crippen molar-refractivity contribution in [1.29, 1.82) is 0 Å². The molecule has 0 spiro atoms. The number of pyridine rings is 1. The van der Waals surface area contributed by atoms with Crippen LogP contribution in [-0.4, -0.2) is 23.4 Å². The second kappa shape index (κ2) is 6.91. The van der Waals surface area contributed by atoms with Gasteiger partial charge in [-0.05, 0) is 35.7 Å².